The molecule has 0 atom stereocenters. The van der Waals surface area contributed by atoms with Gasteiger partial charge >= 0.3 is 11.9 Å². The van der Waals surface area contributed by atoms with E-state index in [9.17, 15) is 0 Å². The van der Waals surface area contributed by atoms with Crippen LogP contribution >= 0.6 is 0 Å². The highest BCUT2D eigenvalue weighted by atomic mass is 16.4. The zero-order chi connectivity index (χ0) is 14.9. The summed E-state index contributed by atoms with van der Waals surface area (Å²) in [7, 11) is 0. The lowest BCUT2D eigenvalue weighted by Gasteiger charge is -2.35. The van der Waals surface area contributed by atoms with Gasteiger partial charge in [0.15, 0.2) is 0 Å². The Bertz CT molecular complexity index is 379. The minimum absolute atomic E-state index is 1.10. The molecule has 0 heterocycles. The van der Waals surface area contributed by atoms with Crippen LogP contribution < -0.4 is 4.48 Å². The standard InChI is InChI=1S/C12H20N.C2H2O4/c1-4-13(5-2,6-3)12-10-8-7-9-11-12;3-1(4)2(5)6/h7-11H,4-6H2,1-3H3;(H,3,4)(H,5,6)/q+1;. The van der Waals surface area contributed by atoms with Crippen molar-refractivity contribution in [2.45, 2.75) is 20.8 Å². The molecule has 0 aromatic heterocycles. The molecule has 0 saturated carbocycles. The minimum Gasteiger partial charge on any atom is -0.473 e. The molecule has 0 amide bonds. The van der Waals surface area contributed by atoms with Crippen LogP contribution in [0.4, 0.5) is 5.69 Å². The Morgan fingerprint density at radius 1 is 0.895 bits per heavy atom. The first-order valence-corrected chi connectivity index (χ1v) is 6.31. The van der Waals surface area contributed by atoms with E-state index in [1.165, 1.54) is 25.3 Å². The van der Waals surface area contributed by atoms with Gasteiger partial charge in [-0.1, -0.05) is 18.2 Å². The Hall–Kier alpha value is -1.88. The Morgan fingerprint density at radius 2 is 1.26 bits per heavy atom. The van der Waals surface area contributed by atoms with Gasteiger partial charge in [0.2, 0.25) is 0 Å². The van der Waals surface area contributed by atoms with E-state index in [1.807, 2.05) is 0 Å². The summed E-state index contributed by atoms with van der Waals surface area (Å²) in [6.07, 6.45) is 0. The lowest BCUT2D eigenvalue weighted by Crippen LogP contribution is -2.48. The summed E-state index contributed by atoms with van der Waals surface area (Å²) in [4.78, 5) is 18.2. The molecule has 0 aliphatic heterocycles. The zero-order valence-corrected chi connectivity index (χ0v) is 11.7. The number of rotatable bonds is 4. The van der Waals surface area contributed by atoms with Gasteiger partial charge in [0.05, 0.1) is 19.6 Å². The van der Waals surface area contributed by atoms with Crippen molar-refractivity contribution in [1.29, 1.82) is 0 Å². The SMILES string of the molecule is CC[N+](CC)(CC)c1ccccc1.O=C(O)C(=O)O. The summed E-state index contributed by atoms with van der Waals surface area (Å²) in [5, 5.41) is 14.8. The van der Waals surface area contributed by atoms with Crippen LogP contribution in [0.2, 0.25) is 0 Å². The maximum Gasteiger partial charge on any atom is 0.414 e. The van der Waals surface area contributed by atoms with Crippen LogP contribution in [0.3, 0.4) is 0 Å². The summed E-state index contributed by atoms with van der Waals surface area (Å²) in [6, 6.07) is 10.8. The highest BCUT2D eigenvalue weighted by molar-refractivity contribution is 6.27. The normalized spacial score (nSPS) is 10.3. The van der Waals surface area contributed by atoms with Crippen molar-refractivity contribution in [1.82, 2.24) is 4.48 Å². The van der Waals surface area contributed by atoms with Crippen LogP contribution in [0.25, 0.3) is 0 Å². The first kappa shape index (κ1) is 17.1. The quantitative estimate of drug-likeness (QED) is 0.648. The molecule has 0 aliphatic carbocycles. The van der Waals surface area contributed by atoms with Crippen molar-refractivity contribution >= 4 is 17.6 Å². The summed E-state index contributed by atoms with van der Waals surface area (Å²) >= 11 is 0. The predicted octanol–water partition coefficient (Wildman–Crippen LogP) is 2.21. The van der Waals surface area contributed by atoms with Gasteiger partial charge in [-0.05, 0) is 32.9 Å². The minimum atomic E-state index is -1.82. The summed E-state index contributed by atoms with van der Waals surface area (Å²) < 4.78 is 1.10. The van der Waals surface area contributed by atoms with Crippen LogP contribution in [0.5, 0.6) is 0 Å². The van der Waals surface area contributed by atoms with Gasteiger partial charge in [-0.15, -0.1) is 0 Å². The molecule has 0 fully saturated rings. The Kier molecular flexibility index (Phi) is 7.44. The third-order valence-corrected chi connectivity index (χ3v) is 3.30. The molecule has 0 saturated heterocycles. The van der Waals surface area contributed by atoms with E-state index in [-0.39, 0.29) is 0 Å². The number of hydrogen-bond donors (Lipinski definition) is 2. The maximum absolute atomic E-state index is 9.10. The fraction of sp³-hybridized carbons (Fsp3) is 0.429. The van der Waals surface area contributed by atoms with Crippen molar-refractivity contribution < 1.29 is 19.8 Å². The van der Waals surface area contributed by atoms with Crippen molar-refractivity contribution in [3.63, 3.8) is 0 Å². The molecule has 5 heteroatoms. The number of benzene rings is 1. The lowest BCUT2D eigenvalue weighted by molar-refractivity contribution is -0.159. The van der Waals surface area contributed by atoms with E-state index < -0.39 is 11.9 Å². The molecule has 106 valence electrons. The van der Waals surface area contributed by atoms with Gasteiger partial charge in [0.25, 0.3) is 0 Å². The van der Waals surface area contributed by atoms with Gasteiger partial charge in [0, 0.05) is 0 Å². The molecule has 0 bridgehead atoms. The average molecular weight is 268 g/mol. The molecule has 0 radical (unpaired) electrons. The highest BCUT2D eigenvalue weighted by Gasteiger charge is 2.23. The number of aliphatic carboxylic acids is 2. The second-order valence-electron chi connectivity index (χ2n) is 4.04. The number of para-hydroxylation sites is 1. The molecule has 0 unspecified atom stereocenters. The lowest BCUT2D eigenvalue weighted by atomic mass is 10.2. The Balaban J connectivity index is 0.000000459. The number of hydrogen-bond acceptors (Lipinski definition) is 2. The molecule has 1 aromatic rings. The third-order valence-electron chi connectivity index (χ3n) is 3.30. The third kappa shape index (κ3) is 5.09. The zero-order valence-electron chi connectivity index (χ0n) is 11.7. The fourth-order valence-corrected chi connectivity index (χ4v) is 1.96. The highest BCUT2D eigenvalue weighted by Crippen LogP contribution is 2.21. The van der Waals surface area contributed by atoms with Crippen LogP contribution in [0.1, 0.15) is 20.8 Å². The van der Waals surface area contributed by atoms with Crippen molar-refractivity contribution in [3.05, 3.63) is 30.3 Å². The Labute approximate surface area is 113 Å². The molecule has 0 aliphatic rings. The van der Waals surface area contributed by atoms with E-state index in [1.54, 1.807) is 0 Å². The summed E-state index contributed by atoms with van der Waals surface area (Å²) in [5.74, 6) is -3.65. The number of quaternary nitrogens is 1. The molecular formula is C14H22NO4+. The molecule has 19 heavy (non-hydrogen) atoms. The second kappa shape index (κ2) is 8.26. The second-order valence-corrected chi connectivity index (χ2v) is 4.04. The van der Waals surface area contributed by atoms with Crippen molar-refractivity contribution in [3.8, 4) is 0 Å². The van der Waals surface area contributed by atoms with E-state index in [2.05, 4.69) is 51.1 Å². The predicted molar refractivity (Wildman–Crippen MR) is 75.1 cm³/mol. The average Bonchev–Trinajstić information content (AvgIpc) is 2.43. The Morgan fingerprint density at radius 3 is 1.53 bits per heavy atom. The molecule has 5 nitrogen and oxygen atoms in total. The van der Waals surface area contributed by atoms with Crippen LogP contribution in [-0.2, 0) is 9.59 Å². The molecule has 1 aromatic carbocycles. The first-order chi connectivity index (χ1) is 8.93. The summed E-state index contributed by atoms with van der Waals surface area (Å²) in [6.45, 7) is 10.3. The van der Waals surface area contributed by atoms with E-state index in [4.69, 9.17) is 19.8 Å². The molecule has 0 spiro atoms. The first-order valence-electron chi connectivity index (χ1n) is 6.31. The number of carbonyl (C=O) groups is 2. The largest absolute Gasteiger partial charge is 0.473 e. The monoisotopic (exact) mass is 268 g/mol. The summed E-state index contributed by atoms with van der Waals surface area (Å²) in [5.41, 5.74) is 1.44. The van der Waals surface area contributed by atoms with E-state index >= 15 is 0 Å². The van der Waals surface area contributed by atoms with Crippen LogP contribution in [0.15, 0.2) is 30.3 Å². The van der Waals surface area contributed by atoms with Gasteiger partial charge in [-0.2, -0.15) is 0 Å². The molecule has 1 rings (SSSR count). The van der Waals surface area contributed by atoms with Gasteiger partial charge in [0.1, 0.15) is 5.69 Å². The number of carboxylic acid groups (broad SMARTS) is 2. The smallest absolute Gasteiger partial charge is 0.414 e. The van der Waals surface area contributed by atoms with Gasteiger partial charge in [-0.3, -0.25) is 4.48 Å². The maximum atomic E-state index is 9.10. The van der Waals surface area contributed by atoms with Crippen molar-refractivity contribution in [2.24, 2.45) is 0 Å². The van der Waals surface area contributed by atoms with Crippen LogP contribution in [-0.4, -0.2) is 41.8 Å². The number of nitrogens with zero attached hydrogens (tertiary/aromatic N) is 1. The van der Waals surface area contributed by atoms with Crippen LogP contribution in [0, 0.1) is 0 Å². The van der Waals surface area contributed by atoms with Crippen molar-refractivity contribution in [2.75, 3.05) is 19.6 Å². The van der Waals surface area contributed by atoms with E-state index in [0.29, 0.717) is 0 Å². The van der Waals surface area contributed by atoms with E-state index in [0.717, 1.165) is 4.48 Å². The fourth-order valence-electron chi connectivity index (χ4n) is 1.96. The topological polar surface area (TPSA) is 74.6 Å². The number of carboxylic acids is 2. The molecule has 2 N–H and O–H groups in total. The molecular weight excluding hydrogens is 246 g/mol. The van der Waals surface area contributed by atoms with Gasteiger partial charge < -0.3 is 10.2 Å². The van der Waals surface area contributed by atoms with Gasteiger partial charge in [-0.25, -0.2) is 9.59 Å².